The molecule has 1 aromatic carbocycles. The van der Waals surface area contributed by atoms with E-state index in [2.05, 4.69) is 37.4 Å². The number of nitrogens with one attached hydrogen (secondary N) is 1. The van der Waals surface area contributed by atoms with E-state index in [1.54, 1.807) is 0 Å². The molecule has 18 heavy (non-hydrogen) atoms. The van der Waals surface area contributed by atoms with Gasteiger partial charge in [0.1, 0.15) is 11.4 Å². The van der Waals surface area contributed by atoms with Crippen molar-refractivity contribution in [2.75, 3.05) is 6.54 Å². The highest BCUT2D eigenvalue weighted by Crippen LogP contribution is 2.34. The van der Waals surface area contributed by atoms with Gasteiger partial charge in [0.2, 0.25) is 0 Å². The van der Waals surface area contributed by atoms with Crippen LogP contribution in [-0.4, -0.2) is 18.2 Å². The first-order chi connectivity index (χ1) is 8.62. The number of hydrogen-bond donors (Lipinski definition) is 1. The predicted molar refractivity (Wildman–Crippen MR) is 74.2 cm³/mol. The zero-order valence-corrected chi connectivity index (χ0v) is 11.5. The van der Waals surface area contributed by atoms with Crippen LogP contribution in [0.5, 0.6) is 5.75 Å². The summed E-state index contributed by atoms with van der Waals surface area (Å²) in [5.41, 5.74) is 2.78. The first-order valence-corrected chi connectivity index (χ1v) is 7.17. The van der Waals surface area contributed by atoms with Crippen LogP contribution in [0.25, 0.3) is 0 Å². The van der Waals surface area contributed by atoms with E-state index in [-0.39, 0.29) is 5.60 Å². The van der Waals surface area contributed by atoms with Crippen molar-refractivity contribution in [3.63, 3.8) is 0 Å². The molecule has 0 saturated carbocycles. The lowest BCUT2D eigenvalue weighted by atomic mass is 9.92. The Bertz CT molecular complexity index is 433. The Kier molecular flexibility index (Phi) is 3.06. The molecular weight excluding hydrogens is 222 g/mol. The number of ether oxygens (including phenoxy) is 1. The van der Waals surface area contributed by atoms with Crippen LogP contribution in [0.4, 0.5) is 0 Å². The Labute approximate surface area is 110 Å². The number of fused-ring (bicyclic) bond motifs is 1. The molecule has 0 aromatic heterocycles. The Morgan fingerprint density at radius 2 is 2.28 bits per heavy atom. The minimum absolute atomic E-state index is 0.00275. The molecule has 1 N–H and O–H groups in total. The van der Waals surface area contributed by atoms with Gasteiger partial charge < -0.3 is 10.1 Å². The van der Waals surface area contributed by atoms with Gasteiger partial charge in [0, 0.05) is 6.04 Å². The fourth-order valence-corrected chi connectivity index (χ4v) is 3.03. The quantitative estimate of drug-likeness (QED) is 0.864. The van der Waals surface area contributed by atoms with Crippen molar-refractivity contribution in [2.24, 2.45) is 0 Å². The van der Waals surface area contributed by atoms with Gasteiger partial charge in [-0.25, -0.2) is 0 Å². The molecule has 0 amide bonds. The second kappa shape index (κ2) is 4.58. The molecule has 0 bridgehead atoms. The lowest BCUT2D eigenvalue weighted by molar-refractivity contribution is 0.0846. The summed E-state index contributed by atoms with van der Waals surface area (Å²) in [4.78, 5) is 0. The molecule has 2 heteroatoms. The molecule has 98 valence electrons. The van der Waals surface area contributed by atoms with Gasteiger partial charge in [-0.15, -0.1) is 0 Å². The molecule has 0 aliphatic carbocycles. The van der Waals surface area contributed by atoms with Crippen LogP contribution in [0.15, 0.2) is 18.2 Å². The van der Waals surface area contributed by atoms with Crippen molar-refractivity contribution < 1.29 is 4.74 Å². The van der Waals surface area contributed by atoms with E-state index in [4.69, 9.17) is 4.74 Å². The predicted octanol–water partition coefficient (Wildman–Crippen LogP) is 3.08. The van der Waals surface area contributed by atoms with Gasteiger partial charge in [-0.05, 0) is 69.7 Å². The van der Waals surface area contributed by atoms with E-state index in [1.807, 2.05) is 0 Å². The summed E-state index contributed by atoms with van der Waals surface area (Å²) in [6.45, 7) is 5.54. The third kappa shape index (κ3) is 2.54. The molecule has 0 radical (unpaired) electrons. The topological polar surface area (TPSA) is 21.3 Å². The summed E-state index contributed by atoms with van der Waals surface area (Å²) in [5, 5.41) is 3.56. The van der Waals surface area contributed by atoms with Crippen molar-refractivity contribution in [3.8, 4) is 5.75 Å². The van der Waals surface area contributed by atoms with Crippen LogP contribution in [-0.2, 0) is 12.8 Å². The normalized spacial score (nSPS) is 25.6. The van der Waals surface area contributed by atoms with Gasteiger partial charge in [0.05, 0.1) is 0 Å². The SMILES string of the molecule is CC1(C)CCc2ccc(CC3CCCN3)cc2O1. The Hall–Kier alpha value is -1.02. The second-order valence-electron chi connectivity index (χ2n) is 6.30. The first-order valence-electron chi connectivity index (χ1n) is 7.17. The molecule has 2 heterocycles. The molecule has 1 aromatic rings. The largest absolute Gasteiger partial charge is 0.488 e. The molecule has 3 rings (SSSR count). The van der Waals surface area contributed by atoms with Crippen molar-refractivity contribution in [3.05, 3.63) is 29.3 Å². The maximum absolute atomic E-state index is 6.10. The molecule has 1 atom stereocenters. The summed E-state index contributed by atoms with van der Waals surface area (Å²) >= 11 is 0. The zero-order chi connectivity index (χ0) is 12.6. The third-order valence-electron chi connectivity index (χ3n) is 4.16. The van der Waals surface area contributed by atoms with Gasteiger partial charge in [-0.2, -0.15) is 0 Å². The Balaban J connectivity index is 1.77. The number of rotatable bonds is 2. The van der Waals surface area contributed by atoms with Crippen molar-refractivity contribution in [2.45, 2.75) is 57.6 Å². The van der Waals surface area contributed by atoms with Crippen LogP contribution < -0.4 is 10.1 Å². The molecule has 1 fully saturated rings. The Morgan fingerprint density at radius 3 is 3.06 bits per heavy atom. The molecule has 1 unspecified atom stereocenters. The summed E-state index contributed by atoms with van der Waals surface area (Å²) in [5.74, 6) is 1.11. The van der Waals surface area contributed by atoms with Gasteiger partial charge in [0.25, 0.3) is 0 Å². The summed E-state index contributed by atoms with van der Waals surface area (Å²) in [7, 11) is 0. The van der Waals surface area contributed by atoms with Crippen molar-refractivity contribution in [1.82, 2.24) is 5.32 Å². The van der Waals surface area contributed by atoms with E-state index >= 15 is 0 Å². The van der Waals surface area contributed by atoms with Gasteiger partial charge in [0.15, 0.2) is 0 Å². The van der Waals surface area contributed by atoms with Crippen LogP contribution >= 0.6 is 0 Å². The maximum Gasteiger partial charge on any atom is 0.123 e. The average Bonchev–Trinajstić information content (AvgIpc) is 2.80. The first kappa shape index (κ1) is 12.0. The Morgan fingerprint density at radius 1 is 1.39 bits per heavy atom. The molecule has 1 saturated heterocycles. The van der Waals surface area contributed by atoms with Crippen LogP contribution in [0.1, 0.15) is 44.2 Å². The summed E-state index contributed by atoms with van der Waals surface area (Å²) in [6.07, 6.45) is 6.02. The standard InChI is InChI=1S/C16H23NO/c1-16(2)8-7-13-6-5-12(11-15(13)18-16)10-14-4-3-9-17-14/h5-6,11,14,17H,3-4,7-10H2,1-2H3. The minimum Gasteiger partial charge on any atom is -0.488 e. The monoisotopic (exact) mass is 245 g/mol. The van der Waals surface area contributed by atoms with Crippen LogP contribution in [0, 0.1) is 0 Å². The fourth-order valence-electron chi connectivity index (χ4n) is 3.03. The number of hydrogen-bond acceptors (Lipinski definition) is 2. The van der Waals surface area contributed by atoms with E-state index in [0.717, 1.165) is 25.0 Å². The highest BCUT2D eigenvalue weighted by molar-refractivity contribution is 5.40. The lowest BCUT2D eigenvalue weighted by Gasteiger charge is -2.33. The number of benzene rings is 1. The highest BCUT2D eigenvalue weighted by atomic mass is 16.5. The molecule has 2 nitrogen and oxygen atoms in total. The average molecular weight is 245 g/mol. The van der Waals surface area contributed by atoms with Crippen molar-refractivity contribution in [1.29, 1.82) is 0 Å². The van der Waals surface area contributed by atoms with Crippen LogP contribution in [0.2, 0.25) is 0 Å². The molecule has 0 spiro atoms. The maximum atomic E-state index is 6.10. The van der Waals surface area contributed by atoms with Gasteiger partial charge in [-0.3, -0.25) is 0 Å². The van der Waals surface area contributed by atoms with Gasteiger partial charge >= 0.3 is 0 Å². The molecule has 2 aliphatic heterocycles. The fraction of sp³-hybridized carbons (Fsp3) is 0.625. The highest BCUT2D eigenvalue weighted by Gasteiger charge is 2.26. The molecule has 2 aliphatic rings. The third-order valence-corrected chi connectivity index (χ3v) is 4.16. The summed E-state index contributed by atoms with van der Waals surface area (Å²) < 4.78 is 6.10. The van der Waals surface area contributed by atoms with E-state index in [0.29, 0.717) is 6.04 Å². The van der Waals surface area contributed by atoms with E-state index in [9.17, 15) is 0 Å². The zero-order valence-electron chi connectivity index (χ0n) is 11.5. The van der Waals surface area contributed by atoms with E-state index in [1.165, 1.54) is 30.5 Å². The molecular formula is C16H23NO. The smallest absolute Gasteiger partial charge is 0.123 e. The second-order valence-corrected chi connectivity index (χ2v) is 6.30. The minimum atomic E-state index is -0.00275. The van der Waals surface area contributed by atoms with E-state index < -0.39 is 0 Å². The van der Waals surface area contributed by atoms with Crippen molar-refractivity contribution >= 4 is 0 Å². The van der Waals surface area contributed by atoms with Crippen LogP contribution in [0.3, 0.4) is 0 Å². The lowest BCUT2D eigenvalue weighted by Crippen LogP contribution is -2.32. The van der Waals surface area contributed by atoms with Gasteiger partial charge in [-0.1, -0.05) is 12.1 Å². The summed E-state index contributed by atoms with van der Waals surface area (Å²) in [6, 6.07) is 7.46. The number of aryl methyl sites for hydroxylation is 1.